The third kappa shape index (κ3) is 1.91. The molecule has 4 atom stereocenters. The number of rotatable bonds is 3. The molecule has 3 heteroatoms. The fraction of sp³-hybridized carbons (Fsp3) is 0.769. The zero-order valence-electron chi connectivity index (χ0n) is 9.72. The maximum absolute atomic E-state index is 10.2. The van der Waals surface area contributed by atoms with E-state index in [0.29, 0.717) is 0 Å². The van der Waals surface area contributed by atoms with Crippen LogP contribution in [-0.2, 0) is 0 Å². The summed E-state index contributed by atoms with van der Waals surface area (Å²) in [5, 5.41) is 13.2. The van der Waals surface area contributed by atoms with E-state index in [9.17, 15) is 5.11 Å². The van der Waals surface area contributed by atoms with E-state index < -0.39 is 0 Å². The third-order valence-electron chi connectivity index (χ3n) is 4.39. The van der Waals surface area contributed by atoms with Gasteiger partial charge in [0.05, 0.1) is 16.8 Å². The number of nitrogens with zero attached hydrogens (tertiary/aromatic N) is 1. The molecule has 0 amide bonds. The molecule has 1 aromatic heterocycles. The molecule has 16 heavy (non-hydrogen) atoms. The van der Waals surface area contributed by atoms with E-state index in [4.69, 9.17) is 0 Å². The first-order valence-electron chi connectivity index (χ1n) is 6.32. The number of thiazole rings is 1. The topological polar surface area (TPSA) is 33.1 Å². The Hall–Kier alpha value is -0.410. The maximum Gasteiger partial charge on any atom is 0.0971 e. The Kier molecular flexibility index (Phi) is 2.76. The van der Waals surface area contributed by atoms with Gasteiger partial charge in [0, 0.05) is 5.38 Å². The standard InChI is InChI=1S/C13H19NOS/c1-8-14-12(7-16-8)13(15)6-11-5-9-2-3-10(11)4-9/h7,9-11,13,15H,2-6H2,1H3. The Balaban J connectivity index is 1.62. The lowest BCUT2D eigenvalue weighted by molar-refractivity contribution is 0.122. The number of aryl methyl sites for hydroxylation is 1. The van der Waals surface area contributed by atoms with Gasteiger partial charge in [-0.05, 0) is 50.4 Å². The molecule has 2 aliphatic rings. The van der Waals surface area contributed by atoms with Crippen LogP contribution in [0.5, 0.6) is 0 Å². The van der Waals surface area contributed by atoms with Crippen molar-refractivity contribution in [2.45, 2.75) is 45.1 Å². The molecule has 1 heterocycles. The number of fused-ring (bicyclic) bond motifs is 2. The van der Waals surface area contributed by atoms with Gasteiger partial charge in [-0.3, -0.25) is 0 Å². The van der Waals surface area contributed by atoms with Crippen molar-refractivity contribution in [1.82, 2.24) is 4.98 Å². The predicted octanol–water partition coefficient (Wildman–Crippen LogP) is 3.31. The second kappa shape index (κ2) is 4.11. The van der Waals surface area contributed by atoms with Crippen molar-refractivity contribution in [3.63, 3.8) is 0 Å². The Bertz CT molecular complexity index is 376. The van der Waals surface area contributed by atoms with Gasteiger partial charge in [0.1, 0.15) is 0 Å². The minimum Gasteiger partial charge on any atom is -0.387 e. The summed E-state index contributed by atoms with van der Waals surface area (Å²) in [6.07, 6.45) is 6.22. The summed E-state index contributed by atoms with van der Waals surface area (Å²) in [7, 11) is 0. The molecule has 4 unspecified atom stereocenters. The number of hydrogen-bond acceptors (Lipinski definition) is 3. The van der Waals surface area contributed by atoms with Crippen molar-refractivity contribution >= 4 is 11.3 Å². The van der Waals surface area contributed by atoms with Crippen LogP contribution in [0.4, 0.5) is 0 Å². The summed E-state index contributed by atoms with van der Waals surface area (Å²) in [4.78, 5) is 4.38. The van der Waals surface area contributed by atoms with Gasteiger partial charge in [-0.25, -0.2) is 4.98 Å². The van der Waals surface area contributed by atoms with E-state index in [0.717, 1.165) is 34.9 Å². The molecule has 3 rings (SSSR count). The largest absolute Gasteiger partial charge is 0.387 e. The molecule has 2 fully saturated rings. The summed E-state index contributed by atoms with van der Waals surface area (Å²) in [5.41, 5.74) is 0.894. The molecule has 2 nitrogen and oxygen atoms in total. The summed E-state index contributed by atoms with van der Waals surface area (Å²) >= 11 is 1.63. The lowest BCUT2D eigenvalue weighted by Gasteiger charge is -2.23. The molecule has 1 N–H and O–H groups in total. The Morgan fingerprint density at radius 3 is 2.94 bits per heavy atom. The Morgan fingerprint density at radius 2 is 2.38 bits per heavy atom. The first-order chi connectivity index (χ1) is 7.72. The predicted molar refractivity (Wildman–Crippen MR) is 65.4 cm³/mol. The van der Waals surface area contributed by atoms with Crippen molar-refractivity contribution in [2.24, 2.45) is 17.8 Å². The summed E-state index contributed by atoms with van der Waals surface area (Å²) in [5.74, 6) is 2.63. The third-order valence-corrected chi connectivity index (χ3v) is 5.18. The molecule has 0 radical (unpaired) electrons. The van der Waals surface area contributed by atoms with Crippen molar-refractivity contribution in [1.29, 1.82) is 0 Å². The highest BCUT2D eigenvalue weighted by Crippen LogP contribution is 2.50. The average Bonchev–Trinajstić information content (AvgIpc) is 2.92. The summed E-state index contributed by atoms with van der Waals surface area (Å²) in [6.45, 7) is 2.00. The van der Waals surface area contributed by atoms with E-state index in [2.05, 4.69) is 4.98 Å². The monoisotopic (exact) mass is 237 g/mol. The highest BCUT2D eigenvalue weighted by molar-refractivity contribution is 7.09. The van der Waals surface area contributed by atoms with Crippen LogP contribution in [0.2, 0.25) is 0 Å². The van der Waals surface area contributed by atoms with Gasteiger partial charge >= 0.3 is 0 Å². The maximum atomic E-state index is 10.2. The van der Waals surface area contributed by atoms with Crippen molar-refractivity contribution in [3.8, 4) is 0 Å². The van der Waals surface area contributed by atoms with Crippen LogP contribution < -0.4 is 0 Å². The van der Waals surface area contributed by atoms with E-state index in [1.165, 1.54) is 25.7 Å². The molecular formula is C13H19NOS. The van der Waals surface area contributed by atoms with Gasteiger partial charge in [0.25, 0.3) is 0 Å². The minimum atomic E-state index is -0.325. The van der Waals surface area contributed by atoms with Gasteiger partial charge in [-0.15, -0.1) is 11.3 Å². The van der Waals surface area contributed by atoms with Crippen LogP contribution in [-0.4, -0.2) is 10.1 Å². The molecule has 2 bridgehead atoms. The molecule has 1 aromatic rings. The first kappa shape index (κ1) is 10.7. The van der Waals surface area contributed by atoms with Gasteiger partial charge in [0.15, 0.2) is 0 Å². The van der Waals surface area contributed by atoms with Crippen molar-refractivity contribution < 1.29 is 5.11 Å². The Morgan fingerprint density at radius 1 is 1.50 bits per heavy atom. The zero-order chi connectivity index (χ0) is 11.1. The van der Waals surface area contributed by atoms with E-state index in [1.54, 1.807) is 11.3 Å². The number of aromatic nitrogens is 1. The number of aliphatic hydroxyl groups is 1. The first-order valence-corrected chi connectivity index (χ1v) is 7.20. The summed E-state index contributed by atoms with van der Waals surface area (Å²) < 4.78 is 0. The van der Waals surface area contributed by atoms with Gasteiger partial charge in [-0.2, -0.15) is 0 Å². The van der Waals surface area contributed by atoms with Gasteiger partial charge in [0.2, 0.25) is 0 Å². The van der Waals surface area contributed by atoms with Crippen LogP contribution in [0.3, 0.4) is 0 Å². The minimum absolute atomic E-state index is 0.325. The molecular weight excluding hydrogens is 218 g/mol. The van der Waals surface area contributed by atoms with Crippen LogP contribution in [0, 0.1) is 24.7 Å². The second-order valence-corrected chi connectivity index (χ2v) is 6.54. The molecule has 0 aliphatic heterocycles. The second-order valence-electron chi connectivity index (χ2n) is 5.48. The lowest BCUT2D eigenvalue weighted by Crippen LogP contribution is -2.14. The molecule has 0 spiro atoms. The van der Waals surface area contributed by atoms with Crippen LogP contribution in [0.25, 0.3) is 0 Å². The fourth-order valence-electron chi connectivity index (χ4n) is 3.61. The smallest absolute Gasteiger partial charge is 0.0971 e. The van der Waals surface area contributed by atoms with E-state index in [1.807, 2.05) is 12.3 Å². The molecule has 88 valence electrons. The van der Waals surface area contributed by atoms with Crippen LogP contribution in [0.15, 0.2) is 5.38 Å². The van der Waals surface area contributed by atoms with E-state index in [-0.39, 0.29) is 6.10 Å². The van der Waals surface area contributed by atoms with Gasteiger partial charge < -0.3 is 5.11 Å². The molecule has 0 aromatic carbocycles. The van der Waals surface area contributed by atoms with Crippen LogP contribution in [0.1, 0.15) is 48.9 Å². The quantitative estimate of drug-likeness (QED) is 0.875. The molecule has 2 saturated carbocycles. The normalized spacial score (nSPS) is 34.5. The van der Waals surface area contributed by atoms with Gasteiger partial charge in [-0.1, -0.05) is 6.42 Å². The number of hydrogen-bond donors (Lipinski definition) is 1. The SMILES string of the molecule is Cc1nc(C(O)CC2CC3CCC2C3)cs1. The highest BCUT2D eigenvalue weighted by Gasteiger charge is 2.40. The fourth-order valence-corrected chi connectivity index (χ4v) is 4.27. The Labute approximate surface area is 101 Å². The molecule has 2 aliphatic carbocycles. The van der Waals surface area contributed by atoms with Crippen LogP contribution >= 0.6 is 11.3 Å². The number of aliphatic hydroxyl groups excluding tert-OH is 1. The average molecular weight is 237 g/mol. The van der Waals surface area contributed by atoms with Crippen molar-refractivity contribution in [2.75, 3.05) is 0 Å². The lowest BCUT2D eigenvalue weighted by atomic mass is 9.84. The van der Waals surface area contributed by atoms with Crippen molar-refractivity contribution in [3.05, 3.63) is 16.1 Å². The zero-order valence-corrected chi connectivity index (χ0v) is 10.5. The summed E-state index contributed by atoms with van der Waals surface area (Å²) in [6, 6.07) is 0. The molecule has 0 saturated heterocycles. The van der Waals surface area contributed by atoms with E-state index >= 15 is 0 Å². The highest BCUT2D eigenvalue weighted by atomic mass is 32.1.